The highest BCUT2D eigenvalue weighted by Gasteiger charge is 2.21. The van der Waals surface area contributed by atoms with Gasteiger partial charge in [-0.1, -0.05) is 30.3 Å². The second kappa shape index (κ2) is 14.2. The number of hydrogen-bond acceptors (Lipinski definition) is 3. The number of aliphatic imine (C=N–C) groups is 1. The van der Waals surface area contributed by atoms with Gasteiger partial charge in [0.1, 0.15) is 0 Å². The van der Waals surface area contributed by atoms with Crippen molar-refractivity contribution >= 4 is 29.9 Å². The molecule has 1 aromatic rings. The predicted octanol–water partition coefficient (Wildman–Crippen LogP) is 4.20. The molecule has 5 nitrogen and oxygen atoms in total. The van der Waals surface area contributed by atoms with Gasteiger partial charge in [0.15, 0.2) is 5.96 Å². The van der Waals surface area contributed by atoms with Crippen LogP contribution in [0, 0.1) is 0 Å². The minimum atomic E-state index is 0. The number of halogens is 1. The molecule has 6 heteroatoms. The highest BCUT2D eigenvalue weighted by Crippen LogP contribution is 2.16. The zero-order valence-electron chi connectivity index (χ0n) is 18.0. The third-order valence-corrected chi connectivity index (χ3v) is 5.15. The van der Waals surface area contributed by atoms with E-state index in [-0.39, 0.29) is 30.1 Å². The van der Waals surface area contributed by atoms with E-state index in [4.69, 9.17) is 9.73 Å². The Labute approximate surface area is 188 Å². The van der Waals surface area contributed by atoms with Gasteiger partial charge in [-0.2, -0.15) is 0 Å². The molecule has 1 unspecified atom stereocenters. The van der Waals surface area contributed by atoms with Crippen molar-refractivity contribution in [2.24, 2.45) is 4.99 Å². The van der Waals surface area contributed by atoms with Gasteiger partial charge in [0, 0.05) is 44.9 Å². The molecule has 1 atom stereocenters. The maximum absolute atomic E-state index is 5.94. The Bertz CT molecular complexity index is 545. The van der Waals surface area contributed by atoms with Crippen molar-refractivity contribution in [3.63, 3.8) is 0 Å². The Morgan fingerprint density at radius 3 is 2.46 bits per heavy atom. The minimum absolute atomic E-state index is 0. The fourth-order valence-corrected chi connectivity index (χ4v) is 3.41. The quantitative estimate of drug-likeness (QED) is 0.230. The number of likely N-dealkylation sites (tertiary alicyclic amines) is 1. The van der Waals surface area contributed by atoms with Gasteiger partial charge in [0.2, 0.25) is 0 Å². The van der Waals surface area contributed by atoms with Crippen molar-refractivity contribution in [3.05, 3.63) is 35.9 Å². The van der Waals surface area contributed by atoms with Crippen LogP contribution >= 0.6 is 24.0 Å². The number of nitrogens with zero attached hydrogens (tertiary/aromatic N) is 2. The Hall–Kier alpha value is -0.860. The van der Waals surface area contributed by atoms with E-state index < -0.39 is 0 Å². The molecule has 0 spiro atoms. The van der Waals surface area contributed by atoms with Gasteiger partial charge >= 0.3 is 0 Å². The van der Waals surface area contributed by atoms with Crippen LogP contribution in [0.4, 0.5) is 0 Å². The standard InChI is InChI=1S/C22H38N4O.HI/c1-5-23-22(25-21-12-15-26(16-13-21)18(2)3)24-14-9-17-27-19(4)20-10-7-6-8-11-20;/h6-8,10-11,18-19,21H,5,9,12-17H2,1-4H3,(H2,23,24,25);1H. The highest BCUT2D eigenvalue weighted by atomic mass is 127. The van der Waals surface area contributed by atoms with E-state index in [2.05, 4.69) is 67.5 Å². The summed E-state index contributed by atoms with van der Waals surface area (Å²) in [6, 6.07) is 11.5. The number of hydrogen-bond donors (Lipinski definition) is 2. The molecule has 1 saturated heterocycles. The molecule has 160 valence electrons. The summed E-state index contributed by atoms with van der Waals surface area (Å²) in [5, 5.41) is 6.99. The predicted molar refractivity (Wildman–Crippen MR) is 130 cm³/mol. The average Bonchev–Trinajstić information content (AvgIpc) is 2.68. The molecule has 28 heavy (non-hydrogen) atoms. The molecule has 1 fully saturated rings. The van der Waals surface area contributed by atoms with Crippen LogP contribution in [-0.2, 0) is 4.74 Å². The normalized spacial score (nSPS) is 17.2. The first kappa shape index (κ1) is 25.2. The molecule has 1 aromatic carbocycles. The fraction of sp³-hybridized carbons (Fsp3) is 0.682. The SMILES string of the molecule is CCNC(=NCCCOC(C)c1ccccc1)NC1CCN(C(C)C)CC1.I. The molecule has 2 N–H and O–H groups in total. The minimum Gasteiger partial charge on any atom is -0.374 e. The third kappa shape index (κ3) is 9.09. The smallest absolute Gasteiger partial charge is 0.191 e. The first-order chi connectivity index (χ1) is 13.1. The second-order valence-electron chi connectivity index (χ2n) is 7.59. The van der Waals surface area contributed by atoms with Crippen LogP contribution in [-0.4, -0.2) is 55.7 Å². The average molecular weight is 502 g/mol. The fourth-order valence-electron chi connectivity index (χ4n) is 3.41. The lowest BCUT2D eigenvalue weighted by molar-refractivity contribution is 0.0652. The molecule has 1 heterocycles. The lowest BCUT2D eigenvalue weighted by atomic mass is 10.0. The molecular weight excluding hydrogens is 463 g/mol. The summed E-state index contributed by atoms with van der Waals surface area (Å²) in [6.45, 7) is 13.5. The van der Waals surface area contributed by atoms with Crippen LogP contribution < -0.4 is 10.6 Å². The molecular formula is C22H39IN4O. The van der Waals surface area contributed by atoms with E-state index in [1.165, 1.54) is 31.5 Å². The Morgan fingerprint density at radius 2 is 1.86 bits per heavy atom. The summed E-state index contributed by atoms with van der Waals surface area (Å²) in [5.41, 5.74) is 1.23. The third-order valence-electron chi connectivity index (χ3n) is 5.15. The van der Waals surface area contributed by atoms with Crippen molar-refractivity contribution in [1.29, 1.82) is 0 Å². The molecule has 1 aliphatic heterocycles. The summed E-state index contributed by atoms with van der Waals surface area (Å²) >= 11 is 0. The maximum Gasteiger partial charge on any atom is 0.191 e. The van der Waals surface area contributed by atoms with E-state index in [1.54, 1.807) is 0 Å². The van der Waals surface area contributed by atoms with Gasteiger partial charge in [0.25, 0.3) is 0 Å². The number of piperidine rings is 1. The van der Waals surface area contributed by atoms with Crippen molar-refractivity contribution in [2.45, 2.75) is 65.1 Å². The Kier molecular flexibility index (Phi) is 12.7. The largest absolute Gasteiger partial charge is 0.374 e. The van der Waals surface area contributed by atoms with Crippen LogP contribution in [0.5, 0.6) is 0 Å². The van der Waals surface area contributed by atoms with E-state index >= 15 is 0 Å². The van der Waals surface area contributed by atoms with Gasteiger partial charge in [0.05, 0.1) is 6.10 Å². The lowest BCUT2D eigenvalue weighted by Gasteiger charge is -2.35. The number of ether oxygens (including phenoxy) is 1. The van der Waals surface area contributed by atoms with Gasteiger partial charge < -0.3 is 20.3 Å². The Balaban J connectivity index is 0.00000392. The van der Waals surface area contributed by atoms with Gasteiger partial charge in [-0.3, -0.25) is 4.99 Å². The van der Waals surface area contributed by atoms with E-state index in [9.17, 15) is 0 Å². The summed E-state index contributed by atoms with van der Waals surface area (Å²) in [4.78, 5) is 7.28. The molecule has 0 amide bonds. The van der Waals surface area contributed by atoms with Crippen molar-refractivity contribution in [2.75, 3.05) is 32.8 Å². The van der Waals surface area contributed by atoms with Crippen molar-refractivity contribution < 1.29 is 4.74 Å². The molecule has 0 saturated carbocycles. The molecule has 2 rings (SSSR count). The highest BCUT2D eigenvalue weighted by molar-refractivity contribution is 14.0. The number of nitrogens with one attached hydrogen (secondary N) is 2. The van der Waals surface area contributed by atoms with Crippen LogP contribution in [0.2, 0.25) is 0 Å². The monoisotopic (exact) mass is 502 g/mol. The van der Waals surface area contributed by atoms with Crippen LogP contribution in [0.15, 0.2) is 35.3 Å². The van der Waals surface area contributed by atoms with E-state index in [1.807, 2.05) is 6.07 Å². The summed E-state index contributed by atoms with van der Waals surface area (Å²) in [7, 11) is 0. The summed E-state index contributed by atoms with van der Waals surface area (Å²) in [6.07, 6.45) is 3.42. The lowest BCUT2D eigenvalue weighted by Crippen LogP contribution is -2.49. The van der Waals surface area contributed by atoms with E-state index in [0.29, 0.717) is 12.1 Å². The zero-order chi connectivity index (χ0) is 19.5. The van der Waals surface area contributed by atoms with Crippen LogP contribution in [0.3, 0.4) is 0 Å². The topological polar surface area (TPSA) is 48.9 Å². The van der Waals surface area contributed by atoms with Gasteiger partial charge in [-0.05, 0) is 52.5 Å². The summed E-state index contributed by atoms with van der Waals surface area (Å²) < 4.78 is 5.94. The van der Waals surface area contributed by atoms with E-state index in [0.717, 1.165) is 32.1 Å². The first-order valence-electron chi connectivity index (χ1n) is 10.6. The van der Waals surface area contributed by atoms with Crippen molar-refractivity contribution in [1.82, 2.24) is 15.5 Å². The molecule has 1 aliphatic rings. The van der Waals surface area contributed by atoms with Crippen molar-refractivity contribution in [3.8, 4) is 0 Å². The molecule has 0 aromatic heterocycles. The van der Waals surface area contributed by atoms with Gasteiger partial charge in [-0.25, -0.2) is 0 Å². The second-order valence-corrected chi connectivity index (χ2v) is 7.59. The number of benzene rings is 1. The number of guanidine groups is 1. The van der Waals surface area contributed by atoms with Crippen LogP contribution in [0.25, 0.3) is 0 Å². The Morgan fingerprint density at radius 1 is 1.18 bits per heavy atom. The van der Waals surface area contributed by atoms with Gasteiger partial charge in [-0.15, -0.1) is 24.0 Å². The molecule has 0 radical (unpaired) electrons. The first-order valence-corrected chi connectivity index (χ1v) is 10.6. The molecule has 0 bridgehead atoms. The van der Waals surface area contributed by atoms with Crippen LogP contribution in [0.1, 0.15) is 58.6 Å². The summed E-state index contributed by atoms with van der Waals surface area (Å²) in [5.74, 6) is 0.941. The number of rotatable bonds is 9. The maximum atomic E-state index is 5.94. The zero-order valence-corrected chi connectivity index (χ0v) is 20.3. The molecule has 0 aliphatic carbocycles.